The first-order chi connectivity index (χ1) is 14.7. The Kier molecular flexibility index (Phi) is 6.80. The number of likely N-dealkylation sites (tertiary alicyclic amines) is 2. The molecule has 0 saturated carbocycles. The van der Waals surface area contributed by atoms with Gasteiger partial charge in [-0.2, -0.15) is 0 Å². The highest BCUT2D eigenvalue weighted by Gasteiger charge is 2.38. The van der Waals surface area contributed by atoms with E-state index in [1.165, 1.54) is 11.1 Å². The fourth-order valence-electron chi connectivity index (χ4n) is 4.70. The van der Waals surface area contributed by atoms with Gasteiger partial charge in [-0.15, -0.1) is 0 Å². The van der Waals surface area contributed by atoms with E-state index in [0.29, 0.717) is 18.9 Å². The summed E-state index contributed by atoms with van der Waals surface area (Å²) >= 11 is 0. The first kappa shape index (κ1) is 20.6. The minimum absolute atomic E-state index is 0.148. The smallest absolute Gasteiger partial charge is 0.240 e. The highest BCUT2D eigenvalue weighted by atomic mass is 16.6. The highest BCUT2D eigenvalue weighted by molar-refractivity contribution is 5.96. The van der Waals surface area contributed by atoms with Gasteiger partial charge < -0.3 is 9.74 Å². The maximum Gasteiger partial charge on any atom is 0.240 e. The number of oxime groups is 1. The van der Waals surface area contributed by atoms with Crippen molar-refractivity contribution in [3.05, 3.63) is 71.8 Å². The second kappa shape index (κ2) is 9.90. The largest absolute Gasteiger partial charge is 0.399 e. The van der Waals surface area contributed by atoms with Crippen molar-refractivity contribution in [1.82, 2.24) is 9.80 Å². The van der Waals surface area contributed by atoms with E-state index in [1.54, 1.807) is 7.11 Å². The molecule has 4 rings (SSSR count). The molecule has 5 nitrogen and oxygen atoms in total. The molecule has 0 unspecified atom stereocenters. The summed E-state index contributed by atoms with van der Waals surface area (Å²) in [6.07, 6.45) is 3.91. The van der Waals surface area contributed by atoms with E-state index in [0.717, 1.165) is 44.6 Å². The number of nitrogens with zero attached hydrogens (tertiary/aromatic N) is 3. The normalized spacial score (nSPS) is 21.8. The first-order valence-electron chi connectivity index (χ1n) is 10.9. The molecule has 2 saturated heterocycles. The van der Waals surface area contributed by atoms with E-state index in [2.05, 4.69) is 57.4 Å². The molecule has 2 aromatic carbocycles. The Morgan fingerprint density at radius 1 is 1.00 bits per heavy atom. The average molecular weight is 406 g/mol. The standard InChI is InChI=1S/C25H31N3O2/c1-30-26-23-17-24(28(19-23)18-22-10-6-3-7-11-22)25(29)27-14-12-21(13-15-27)16-20-8-4-2-5-9-20/h2-11,21,24H,12-19H2,1H3/b26-23+/t24-/m0/s1. The zero-order valence-corrected chi connectivity index (χ0v) is 17.7. The summed E-state index contributed by atoms with van der Waals surface area (Å²) < 4.78 is 0. The molecular formula is C25H31N3O2. The molecule has 1 atom stereocenters. The van der Waals surface area contributed by atoms with Crippen LogP contribution < -0.4 is 0 Å². The van der Waals surface area contributed by atoms with Crippen molar-refractivity contribution in [3.63, 3.8) is 0 Å². The molecule has 5 heteroatoms. The fourth-order valence-corrected chi connectivity index (χ4v) is 4.70. The number of amides is 1. The average Bonchev–Trinajstić information content (AvgIpc) is 3.17. The Balaban J connectivity index is 1.37. The quantitative estimate of drug-likeness (QED) is 0.688. The minimum atomic E-state index is -0.148. The zero-order valence-electron chi connectivity index (χ0n) is 17.7. The van der Waals surface area contributed by atoms with Gasteiger partial charge in [-0.25, -0.2) is 0 Å². The second-order valence-corrected chi connectivity index (χ2v) is 8.41. The van der Waals surface area contributed by atoms with Gasteiger partial charge in [0.25, 0.3) is 0 Å². The predicted octanol–water partition coefficient (Wildman–Crippen LogP) is 3.74. The van der Waals surface area contributed by atoms with E-state index >= 15 is 0 Å². The molecule has 30 heavy (non-hydrogen) atoms. The second-order valence-electron chi connectivity index (χ2n) is 8.41. The molecule has 1 amide bonds. The summed E-state index contributed by atoms with van der Waals surface area (Å²) in [5.41, 5.74) is 3.56. The van der Waals surface area contributed by atoms with E-state index in [9.17, 15) is 4.79 Å². The number of piperidine rings is 1. The lowest BCUT2D eigenvalue weighted by Gasteiger charge is -2.35. The molecule has 0 N–H and O–H groups in total. The van der Waals surface area contributed by atoms with Crippen molar-refractivity contribution >= 4 is 11.6 Å². The Morgan fingerprint density at radius 2 is 1.63 bits per heavy atom. The number of benzene rings is 2. The number of hydrogen-bond donors (Lipinski definition) is 0. The Labute approximate surface area is 179 Å². The zero-order chi connectivity index (χ0) is 20.8. The van der Waals surface area contributed by atoms with E-state index in [1.807, 2.05) is 18.2 Å². The summed E-state index contributed by atoms with van der Waals surface area (Å²) in [6.45, 7) is 3.14. The third-order valence-electron chi connectivity index (χ3n) is 6.28. The molecule has 2 aromatic rings. The summed E-state index contributed by atoms with van der Waals surface area (Å²) in [5, 5.41) is 4.16. The number of rotatable bonds is 6. The Morgan fingerprint density at radius 3 is 2.27 bits per heavy atom. The SMILES string of the molecule is CO/N=C1\C[C@@H](C(=O)N2CCC(Cc3ccccc3)CC2)N(Cc2ccccc2)C1. The lowest BCUT2D eigenvalue weighted by Crippen LogP contribution is -2.48. The van der Waals surface area contributed by atoms with Crippen LogP contribution in [0.2, 0.25) is 0 Å². The molecule has 0 radical (unpaired) electrons. The van der Waals surface area contributed by atoms with Gasteiger partial charge in [-0.3, -0.25) is 9.69 Å². The molecular weight excluding hydrogens is 374 g/mol. The van der Waals surface area contributed by atoms with Crippen LogP contribution in [0.15, 0.2) is 65.8 Å². The molecule has 0 aromatic heterocycles. The van der Waals surface area contributed by atoms with Crippen molar-refractivity contribution in [2.24, 2.45) is 11.1 Å². The lowest BCUT2D eigenvalue weighted by atomic mass is 9.90. The van der Waals surface area contributed by atoms with Crippen LogP contribution in [0.5, 0.6) is 0 Å². The summed E-state index contributed by atoms with van der Waals surface area (Å²) in [4.78, 5) is 22.7. The van der Waals surface area contributed by atoms with Crippen LogP contribution in [0, 0.1) is 5.92 Å². The predicted molar refractivity (Wildman–Crippen MR) is 119 cm³/mol. The molecule has 0 bridgehead atoms. The fraction of sp³-hybridized carbons (Fsp3) is 0.440. The maximum absolute atomic E-state index is 13.4. The number of carbonyl (C=O) groups excluding carboxylic acids is 1. The van der Waals surface area contributed by atoms with E-state index in [4.69, 9.17) is 4.84 Å². The minimum Gasteiger partial charge on any atom is -0.399 e. The number of hydrogen-bond acceptors (Lipinski definition) is 4. The van der Waals surface area contributed by atoms with Gasteiger partial charge in [-0.05, 0) is 36.3 Å². The summed E-state index contributed by atoms with van der Waals surface area (Å²) in [6, 6.07) is 20.9. The van der Waals surface area contributed by atoms with Crippen molar-refractivity contribution in [2.75, 3.05) is 26.7 Å². The van der Waals surface area contributed by atoms with Crippen LogP contribution >= 0.6 is 0 Å². The monoisotopic (exact) mass is 405 g/mol. The highest BCUT2D eigenvalue weighted by Crippen LogP contribution is 2.26. The van der Waals surface area contributed by atoms with Crippen LogP contribution in [-0.4, -0.2) is 54.2 Å². The van der Waals surface area contributed by atoms with Crippen molar-refractivity contribution in [3.8, 4) is 0 Å². The third-order valence-corrected chi connectivity index (χ3v) is 6.28. The van der Waals surface area contributed by atoms with Gasteiger partial charge in [-0.1, -0.05) is 65.8 Å². The van der Waals surface area contributed by atoms with Gasteiger partial charge in [0.1, 0.15) is 7.11 Å². The summed E-state index contributed by atoms with van der Waals surface area (Å²) in [5.74, 6) is 0.900. The molecule has 2 aliphatic rings. The van der Waals surface area contributed by atoms with Gasteiger partial charge in [0.05, 0.1) is 11.8 Å². The van der Waals surface area contributed by atoms with Crippen LogP contribution in [0.25, 0.3) is 0 Å². The van der Waals surface area contributed by atoms with Crippen LogP contribution in [0.1, 0.15) is 30.4 Å². The van der Waals surface area contributed by atoms with Crippen molar-refractivity contribution in [2.45, 2.75) is 38.3 Å². The Bertz CT molecular complexity index is 845. The molecule has 0 aliphatic carbocycles. The van der Waals surface area contributed by atoms with Gasteiger partial charge in [0.2, 0.25) is 5.91 Å². The van der Waals surface area contributed by atoms with Crippen LogP contribution in [0.3, 0.4) is 0 Å². The molecule has 0 spiro atoms. The van der Waals surface area contributed by atoms with Crippen LogP contribution in [-0.2, 0) is 22.6 Å². The van der Waals surface area contributed by atoms with Gasteiger partial charge in [0, 0.05) is 32.6 Å². The summed E-state index contributed by atoms with van der Waals surface area (Å²) in [7, 11) is 1.57. The topological polar surface area (TPSA) is 45.1 Å². The number of carbonyl (C=O) groups is 1. The van der Waals surface area contributed by atoms with Crippen LogP contribution in [0.4, 0.5) is 0 Å². The third kappa shape index (κ3) is 5.08. The lowest BCUT2D eigenvalue weighted by molar-refractivity contribution is -0.137. The van der Waals surface area contributed by atoms with Gasteiger partial charge >= 0.3 is 0 Å². The van der Waals surface area contributed by atoms with E-state index < -0.39 is 0 Å². The van der Waals surface area contributed by atoms with E-state index in [-0.39, 0.29) is 11.9 Å². The van der Waals surface area contributed by atoms with Crippen molar-refractivity contribution < 1.29 is 9.63 Å². The maximum atomic E-state index is 13.4. The molecule has 2 aliphatic heterocycles. The molecule has 158 valence electrons. The first-order valence-corrected chi connectivity index (χ1v) is 10.9. The molecule has 2 fully saturated rings. The van der Waals surface area contributed by atoms with Gasteiger partial charge in [0.15, 0.2) is 0 Å². The Hall–Kier alpha value is -2.66. The van der Waals surface area contributed by atoms with Crippen molar-refractivity contribution in [1.29, 1.82) is 0 Å². The molecule has 2 heterocycles.